The summed E-state index contributed by atoms with van der Waals surface area (Å²) in [4.78, 5) is 0. The second kappa shape index (κ2) is 5.46. The number of aliphatic hydroxyl groups is 1. The summed E-state index contributed by atoms with van der Waals surface area (Å²) in [5.74, 6) is 3.58. The van der Waals surface area contributed by atoms with Crippen LogP contribution in [0.15, 0.2) is 0 Å². The maximum Gasteiger partial charge on any atom is 0.0843 e. The number of hydrogen-bond acceptors (Lipinski definition) is 2. The molecule has 0 bridgehead atoms. The maximum absolute atomic E-state index is 10.7. The normalized spacial score (nSPS) is 57.1. The molecule has 8 atom stereocenters. The maximum atomic E-state index is 10.7. The van der Waals surface area contributed by atoms with Crippen molar-refractivity contribution in [1.29, 1.82) is 0 Å². The molecule has 2 heteroatoms. The van der Waals surface area contributed by atoms with E-state index in [0.29, 0.717) is 16.9 Å². The van der Waals surface area contributed by atoms with Crippen molar-refractivity contribution in [2.24, 2.45) is 34.5 Å². The van der Waals surface area contributed by atoms with Crippen LogP contribution < -0.4 is 0 Å². The van der Waals surface area contributed by atoms with Gasteiger partial charge in [0.05, 0.1) is 18.3 Å². The molecule has 0 aromatic heterocycles. The average molecular weight is 333 g/mol. The Hall–Kier alpha value is -0.0800. The van der Waals surface area contributed by atoms with E-state index in [1.54, 1.807) is 0 Å². The van der Waals surface area contributed by atoms with Crippen LogP contribution in [0.5, 0.6) is 0 Å². The molecule has 24 heavy (non-hydrogen) atoms. The molecule has 5 rings (SSSR count). The van der Waals surface area contributed by atoms with Crippen LogP contribution in [0.1, 0.15) is 84.5 Å². The van der Waals surface area contributed by atoms with Crippen LogP contribution in [0.2, 0.25) is 0 Å². The Morgan fingerprint density at radius 3 is 2.54 bits per heavy atom. The zero-order valence-corrected chi connectivity index (χ0v) is 15.7. The van der Waals surface area contributed by atoms with Crippen molar-refractivity contribution < 1.29 is 9.84 Å². The van der Waals surface area contributed by atoms with Crippen LogP contribution in [-0.4, -0.2) is 23.4 Å². The highest BCUT2D eigenvalue weighted by Crippen LogP contribution is 2.66. The highest BCUT2D eigenvalue weighted by atomic mass is 16.5. The second-order valence-electron chi connectivity index (χ2n) is 10.6. The van der Waals surface area contributed by atoms with Gasteiger partial charge in [0, 0.05) is 0 Å². The molecule has 0 saturated heterocycles. The summed E-state index contributed by atoms with van der Waals surface area (Å²) in [6.07, 6.45) is 15.1. The minimum absolute atomic E-state index is 0.120. The monoisotopic (exact) mass is 332 g/mol. The number of ether oxygens (including phenoxy) is 1. The number of aliphatic hydroxyl groups excluding tert-OH is 1. The van der Waals surface area contributed by atoms with E-state index in [1.165, 1.54) is 57.8 Å². The van der Waals surface area contributed by atoms with Gasteiger partial charge in [-0.15, -0.1) is 0 Å². The van der Waals surface area contributed by atoms with Crippen molar-refractivity contribution in [2.45, 2.75) is 103 Å². The van der Waals surface area contributed by atoms with E-state index in [9.17, 15) is 5.11 Å². The molecule has 5 aliphatic rings. The lowest BCUT2D eigenvalue weighted by molar-refractivity contribution is -0.172. The van der Waals surface area contributed by atoms with Gasteiger partial charge in [-0.25, -0.2) is 0 Å². The second-order valence-corrected chi connectivity index (χ2v) is 10.6. The third kappa shape index (κ3) is 2.35. The van der Waals surface area contributed by atoms with Crippen molar-refractivity contribution >= 4 is 0 Å². The third-order valence-corrected chi connectivity index (χ3v) is 9.33. The van der Waals surface area contributed by atoms with Crippen molar-refractivity contribution in [3.8, 4) is 0 Å². The van der Waals surface area contributed by atoms with Crippen LogP contribution in [0.3, 0.4) is 0 Å². The predicted octanol–water partition coefficient (Wildman–Crippen LogP) is 4.94. The molecule has 5 fully saturated rings. The highest BCUT2D eigenvalue weighted by molar-refractivity contribution is 5.08. The average Bonchev–Trinajstić information content (AvgIpc) is 3.26. The Kier molecular flexibility index (Phi) is 3.67. The first-order valence-electron chi connectivity index (χ1n) is 10.8. The Morgan fingerprint density at radius 1 is 0.917 bits per heavy atom. The third-order valence-electron chi connectivity index (χ3n) is 9.33. The fourth-order valence-corrected chi connectivity index (χ4v) is 7.84. The summed E-state index contributed by atoms with van der Waals surface area (Å²) in [6, 6.07) is 0. The molecule has 5 aliphatic carbocycles. The van der Waals surface area contributed by atoms with Crippen LogP contribution in [0.25, 0.3) is 0 Å². The van der Waals surface area contributed by atoms with Crippen molar-refractivity contribution in [1.82, 2.24) is 0 Å². The smallest absolute Gasteiger partial charge is 0.0843 e. The minimum Gasteiger partial charge on any atom is -0.390 e. The van der Waals surface area contributed by atoms with Gasteiger partial charge in [-0.05, 0) is 98.7 Å². The molecule has 0 aromatic carbocycles. The summed E-state index contributed by atoms with van der Waals surface area (Å²) < 4.78 is 6.26. The molecular formula is C22H36O2. The first-order chi connectivity index (χ1) is 11.5. The highest BCUT2D eigenvalue weighted by Gasteiger charge is 2.59. The van der Waals surface area contributed by atoms with Crippen LogP contribution in [0.4, 0.5) is 0 Å². The summed E-state index contributed by atoms with van der Waals surface area (Å²) in [7, 11) is 0. The number of rotatable bonds is 2. The molecule has 0 radical (unpaired) electrons. The van der Waals surface area contributed by atoms with Gasteiger partial charge in [0.2, 0.25) is 0 Å². The predicted molar refractivity (Wildman–Crippen MR) is 95.6 cm³/mol. The van der Waals surface area contributed by atoms with E-state index in [1.807, 2.05) is 0 Å². The SMILES string of the molecule is C[C@@]12CCCC1[C@@H]1CCC3C[C@H](O)[C@@H](OC4CC4)C[C@]3(C)C1CC2. The van der Waals surface area contributed by atoms with Crippen molar-refractivity contribution in [2.75, 3.05) is 0 Å². The van der Waals surface area contributed by atoms with Gasteiger partial charge in [-0.2, -0.15) is 0 Å². The molecular weight excluding hydrogens is 296 g/mol. The molecule has 5 saturated carbocycles. The van der Waals surface area contributed by atoms with E-state index < -0.39 is 0 Å². The Balaban J connectivity index is 1.40. The fraction of sp³-hybridized carbons (Fsp3) is 1.00. The Bertz CT molecular complexity index is 500. The van der Waals surface area contributed by atoms with Crippen molar-refractivity contribution in [3.63, 3.8) is 0 Å². The van der Waals surface area contributed by atoms with Gasteiger partial charge in [-0.3, -0.25) is 0 Å². The van der Waals surface area contributed by atoms with Crippen LogP contribution in [-0.2, 0) is 4.74 Å². The first kappa shape index (κ1) is 16.1. The molecule has 3 unspecified atom stereocenters. The molecule has 136 valence electrons. The summed E-state index contributed by atoms with van der Waals surface area (Å²) in [6.45, 7) is 5.18. The van der Waals surface area contributed by atoms with E-state index in [0.717, 1.165) is 36.5 Å². The standard InChI is InChI=1S/C22H36O2/c1-21-10-3-4-17(21)16-8-5-14-12-19(23)20(24-15-6-7-15)13-22(14,2)18(16)9-11-21/h14-20,23H,3-13H2,1-2H3/t14?,16-,17?,18?,19-,20-,21-,22-/m0/s1. The van der Waals surface area contributed by atoms with Gasteiger partial charge >= 0.3 is 0 Å². The van der Waals surface area contributed by atoms with E-state index >= 15 is 0 Å². The summed E-state index contributed by atoms with van der Waals surface area (Å²) >= 11 is 0. The van der Waals surface area contributed by atoms with Gasteiger partial charge in [-0.1, -0.05) is 20.3 Å². The van der Waals surface area contributed by atoms with E-state index in [-0.39, 0.29) is 12.2 Å². The zero-order valence-electron chi connectivity index (χ0n) is 15.7. The van der Waals surface area contributed by atoms with Gasteiger partial charge in [0.1, 0.15) is 0 Å². The largest absolute Gasteiger partial charge is 0.390 e. The van der Waals surface area contributed by atoms with Gasteiger partial charge in [0.25, 0.3) is 0 Å². The molecule has 0 aliphatic heterocycles. The molecule has 2 nitrogen and oxygen atoms in total. The summed E-state index contributed by atoms with van der Waals surface area (Å²) in [5, 5.41) is 10.7. The number of fused-ring (bicyclic) bond motifs is 5. The van der Waals surface area contributed by atoms with E-state index in [4.69, 9.17) is 4.74 Å². The Morgan fingerprint density at radius 2 is 1.75 bits per heavy atom. The first-order valence-corrected chi connectivity index (χ1v) is 10.8. The fourth-order valence-electron chi connectivity index (χ4n) is 7.84. The van der Waals surface area contributed by atoms with Crippen LogP contribution >= 0.6 is 0 Å². The lowest BCUT2D eigenvalue weighted by atomic mass is 9.45. The molecule has 0 spiro atoms. The topological polar surface area (TPSA) is 29.5 Å². The van der Waals surface area contributed by atoms with E-state index in [2.05, 4.69) is 13.8 Å². The molecule has 0 aromatic rings. The van der Waals surface area contributed by atoms with Gasteiger partial charge in [0.15, 0.2) is 0 Å². The Labute approximate surface area is 147 Å². The zero-order chi connectivity index (χ0) is 16.5. The quantitative estimate of drug-likeness (QED) is 0.776. The van der Waals surface area contributed by atoms with Crippen molar-refractivity contribution in [3.05, 3.63) is 0 Å². The van der Waals surface area contributed by atoms with Gasteiger partial charge < -0.3 is 9.84 Å². The lowest BCUT2D eigenvalue weighted by Gasteiger charge is -2.61. The lowest BCUT2D eigenvalue weighted by Crippen LogP contribution is -2.56. The molecule has 1 N–H and O–H groups in total. The van der Waals surface area contributed by atoms with Crippen LogP contribution in [0, 0.1) is 34.5 Å². The molecule has 0 amide bonds. The minimum atomic E-state index is -0.208. The summed E-state index contributed by atoms with van der Waals surface area (Å²) in [5.41, 5.74) is 1.08. The molecule has 0 heterocycles. The number of hydrogen-bond donors (Lipinski definition) is 1.